The SMILES string of the molecule is CC1CCCC(C(NN)c2cnc(C(F)(F)F)s2)C1. The van der Waals surface area contributed by atoms with E-state index < -0.39 is 11.2 Å². The van der Waals surface area contributed by atoms with Crippen molar-refractivity contribution in [3.8, 4) is 0 Å². The van der Waals surface area contributed by atoms with Gasteiger partial charge in [0, 0.05) is 11.1 Å². The van der Waals surface area contributed by atoms with Crippen molar-refractivity contribution in [2.45, 2.75) is 44.8 Å². The van der Waals surface area contributed by atoms with Crippen molar-refractivity contribution in [3.63, 3.8) is 0 Å². The average molecular weight is 293 g/mol. The molecule has 1 saturated carbocycles. The molecule has 0 amide bonds. The lowest BCUT2D eigenvalue weighted by atomic mass is 9.78. The summed E-state index contributed by atoms with van der Waals surface area (Å²) in [5.74, 6) is 6.44. The molecule has 1 heterocycles. The van der Waals surface area contributed by atoms with Crippen LogP contribution in [-0.2, 0) is 6.18 Å². The molecule has 0 saturated heterocycles. The first-order chi connectivity index (χ1) is 8.91. The van der Waals surface area contributed by atoms with Gasteiger partial charge in [0.2, 0.25) is 0 Å². The maximum Gasteiger partial charge on any atom is 0.443 e. The van der Waals surface area contributed by atoms with E-state index in [-0.39, 0.29) is 12.0 Å². The summed E-state index contributed by atoms with van der Waals surface area (Å²) < 4.78 is 37.7. The van der Waals surface area contributed by atoms with E-state index in [0.29, 0.717) is 22.1 Å². The van der Waals surface area contributed by atoms with Gasteiger partial charge in [-0.05, 0) is 24.7 Å². The van der Waals surface area contributed by atoms with E-state index in [1.54, 1.807) is 0 Å². The molecular weight excluding hydrogens is 275 g/mol. The van der Waals surface area contributed by atoms with Crippen LogP contribution in [0.1, 0.15) is 48.5 Å². The van der Waals surface area contributed by atoms with Crippen LogP contribution >= 0.6 is 11.3 Å². The molecule has 0 radical (unpaired) electrons. The number of aromatic nitrogens is 1. The van der Waals surface area contributed by atoms with Crippen LogP contribution in [-0.4, -0.2) is 4.98 Å². The van der Waals surface area contributed by atoms with Crippen LogP contribution in [0.25, 0.3) is 0 Å². The van der Waals surface area contributed by atoms with Gasteiger partial charge in [0.1, 0.15) is 0 Å². The smallest absolute Gasteiger partial charge is 0.271 e. The summed E-state index contributed by atoms with van der Waals surface area (Å²) >= 11 is 0.689. The lowest BCUT2D eigenvalue weighted by molar-refractivity contribution is -0.137. The quantitative estimate of drug-likeness (QED) is 0.662. The van der Waals surface area contributed by atoms with E-state index in [1.165, 1.54) is 12.6 Å². The first-order valence-corrected chi connectivity index (χ1v) is 7.22. The zero-order valence-electron chi connectivity index (χ0n) is 10.7. The molecule has 7 heteroatoms. The minimum atomic E-state index is -4.37. The van der Waals surface area contributed by atoms with E-state index in [4.69, 9.17) is 5.84 Å². The molecular formula is C12H18F3N3S. The Hall–Kier alpha value is -0.660. The number of hydrogen-bond donors (Lipinski definition) is 2. The molecule has 1 aliphatic carbocycles. The maximum atomic E-state index is 12.6. The molecule has 0 aliphatic heterocycles. The molecule has 1 aromatic heterocycles. The average Bonchev–Trinajstić information content (AvgIpc) is 2.79. The summed E-state index contributed by atoms with van der Waals surface area (Å²) in [5, 5.41) is -0.799. The molecule has 3 N–H and O–H groups in total. The normalized spacial score (nSPS) is 26.4. The predicted molar refractivity (Wildman–Crippen MR) is 68.3 cm³/mol. The van der Waals surface area contributed by atoms with Crippen LogP contribution in [0.3, 0.4) is 0 Å². The zero-order chi connectivity index (χ0) is 14.0. The number of alkyl halides is 3. The molecule has 1 fully saturated rings. The number of hydrazine groups is 1. The van der Waals surface area contributed by atoms with Crippen molar-refractivity contribution in [1.82, 2.24) is 10.4 Å². The van der Waals surface area contributed by atoms with Crippen LogP contribution in [0.5, 0.6) is 0 Å². The summed E-state index contributed by atoms with van der Waals surface area (Å²) in [5.41, 5.74) is 2.68. The summed E-state index contributed by atoms with van der Waals surface area (Å²) in [6.07, 6.45) is 1.21. The summed E-state index contributed by atoms with van der Waals surface area (Å²) in [6, 6.07) is -0.226. The fourth-order valence-corrected chi connectivity index (χ4v) is 3.73. The standard InChI is InChI=1S/C12H18F3N3S/c1-7-3-2-4-8(5-7)10(18-16)9-6-17-11(19-9)12(13,14)15/h6-8,10,18H,2-5,16H2,1H3. The van der Waals surface area contributed by atoms with E-state index >= 15 is 0 Å². The van der Waals surface area contributed by atoms with E-state index in [2.05, 4.69) is 17.3 Å². The molecule has 0 aromatic carbocycles. The maximum absolute atomic E-state index is 12.6. The third-order valence-corrected chi connectivity index (χ3v) is 4.83. The van der Waals surface area contributed by atoms with Gasteiger partial charge < -0.3 is 0 Å². The highest BCUT2D eigenvalue weighted by Gasteiger charge is 2.36. The van der Waals surface area contributed by atoms with Crippen molar-refractivity contribution >= 4 is 11.3 Å². The zero-order valence-corrected chi connectivity index (χ0v) is 11.5. The van der Waals surface area contributed by atoms with Gasteiger partial charge in [-0.1, -0.05) is 19.8 Å². The van der Waals surface area contributed by atoms with Crippen molar-refractivity contribution in [3.05, 3.63) is 16.1 Å². The van der Waals surface area contributed by atoms with Gasteiger partial charge in [-0.2, -0.15) is 13.2 Å². The van der Waals surface area contributed by atoms with Gasteiger partial charge in [0.25, 0.3) is 0 Å². The second-order valence-corrected chi connectivity index (χ2v) is 6.30. The van der Waals surface area contributed by atoms with Crippen LogP contribution in [0.15, 0.2) is 6.20 Å². The fraction of sp³-hybridized carbons (Fsp3) is 0.750. The Morgan fingerprint density at radius 2 is 2.21 bits per heavy atom. The molecule has 3 atom stereocenters. The Labute approximate surface area is 114 Å². The van der Waals surface area contributed by atoms with E-state index in [1.807, 2.05) is 0 Å². The molecule has 1 aliphatic rings. The molecule has 1 aromatic rings. The number of nitrogens with two attached hydrogens (primary N) is 1. The minimum absolute atomic E-state index is 0.226. The molecule has 19 heavy (non-hydrogen) atoms. The molecule has 3 unspecified atom stereocenters. The molecule has 0 bridgehead atoms. The Morgan fingerprint density at radius 3 is 2.74 bits per heavy atom. The van der Waals surface area contributed by atoms with Crippen LogP contribution in [0, 0.1) is 11.8 Å². The predicted octanol–water partition coefficient (Wildman–Crippen LogP) is 3.49. The van der Waals surface area contributed by atoms with Gasteiger partial charge in [-0.15, -0.1) is 11.3 Å². The summed E-state index contributed by atoms with van der Waals surface area (Å²) in [4.78, 5) is 4.05. The Balaban J connectivity index is 2.15. The second kappa shape index (κ2) is 5.76. The largest absolute Gasteiger partial charge is 0.443 e. The fourth-order valence-electron chi connectivity index (χ4n) is 2.80. The number of nitrogens with one attached hydrogen (secondary N) is 1. The lowest BCUT2D eigenvalue weighted by Crippen LogP contribution is -2.35. The van der Waals surface area contributed by atoms with Crippen LogP contribution < -0.4 is 11.3 Å². The van der Waals surface area contributed by atoms with Crippen LogP contribution in [0.2, 0.25) is 0 Å². The van der Waals surface area contributed by atoms with E-state index in [0.717, 1.165) is 19.3 Å². The van der Waals surface area contributed by atoms with Crippen molar-refractivity contribution < 1.29 is 13.2 Å². The number of halogens is 3. The molecule has 0 spiro atoms. The Kier molecular flexibility index (Phi) is 4.47. The monoisotopic (exact) mass is 293 g/mol. The Morgan fingerprint density at radius 1 is 1.47 bits per heavy atom. The first-order valence-electron chi connectivity index (χ1n) is 6.41. The van der Waals surface area contributed by atoms with Crippen molar-refractivity contribution in [1.29, 1.82) is 0 Å². The number of hydrogen-bond acceptors (Lipinski definition) is 4. The van der Waals surface area contributed by atoms with Gasteiger partial charge in [-0.25, -0.2) is 4.98 Å². The highest BCUT2D eigenvalue weighted by Crippen LogP contribution is 2.40. The third-order valence-electron chi connectivity index (χ3n) is 3.70. The summed E-state index contributed by atoms with van der Waals surface area (Å²) in [7, 11) is 0. The van der Waals surface area contributed by atoms with Gasteiger partial charge in [0.05, 0.1) is 6.04 Å². The number of nitrogens with zero attached hydrogens (tertiary/aromatic N) is 1. The van der Waals surface area contributed by atoms with Crippen molar-refractivity contribution in [2.24, 2.45) is 17.7 Å². The highest BCUT2D eigenvalue weighted by atomic mass is 32.1. The van der Waals surface area contributed by atoms with Gasteiger partial charge in [0.15, 0.2) is 5.01 Å². The molecule has 3 nitrogen and oxygen atoms in total. The highest BCUT2D eigenvalue weighted by molar-refractivity contribution is 7.11. The second-order valence-electron chi connectivity index (χ2n) is 5.24. The topological polar surface area (TPSA) is 50.9 Å². The Bertz CT molecular complexity index is 419. The third kappa shape index (κ3) is 3.46. The summed E-state index contributed by atoms with van der Waals surface area (Å²) in [6.45, 7) is 2.17. The lowest BCUT2D eigenvalue weighted by Gasteiger charge is -2.32. The van der Waals surface area contributed by atoms with Crippen molar-refractivity contribution in [2.75, 3.05) is 0 Å². The number of thiazole rings is 1. The first kappa shape index (κ1) is 14.7. The minimum Gasteiger partial charge on any atom is -0.271 e. The number of rotatable bonds is 3. The van der Waals surface area contributed by atoms with Gasteiger partial charge in [-0.3, -0.25) is 11.3 Å². The van der Waals surface area contributed by atoms with E-state index in [9.17, 15) is 13.2 Å². The van der Waals surface area contributed by atoms with Crippen LogP contribution in [0.4, 0.5) is 13.2 Å². The van der Waals surface area contributed by atoms with Gasteiger partial charge >= 0.3 is 6.18 Å². The molecule has 2 rings (SSSR count). The molecule has 108 valence electrons.